The summed E-state index contributed by atoms with van der Waals surface area (Å²) in [6, 6.07) is 8.54. The Hall–Kier alpha value is -2.87. The fourth-order valence-corrected chi connectivity index (χ4v) is 2.96. The van der Waals surface area contributed by atoms with Crippen molar-refractivity contribution in [2.24, 2.45) is 5.92 Å². The maximum Gasteiger partial charge on any atom is 0.223 e. The van der Waals surface area contributed by atoms with Gasteiger partial charge >= 0.3 is 0 Å². The fourth-order valence-electron chi connectivity index (χ4n) is 2.96. The van der Waals surface area contributed by atoms with Gasteiger partial charge in [0, 0.05) is 29.9 Å². The van der Waals surface area contributed by atoms with Gasteiger partial charge in [-0.25, -0.2) is 9.97 Å². The molecule has 27 heavy (non-hydrogen) atoms. The van der Waals surface area contributed by atoms with Crippen LogP contribution in [0.1, 0.15) is 61.8 Å². The van der Waals surface area contributed by atoms with E-state index in [-0.39, 0.29) is 17.9 Å². The SMILES string of the molecule is C[C@H](NC(=O)C1CC1)c1ccc(C#Cc2cnc(NC3CCC3)nc2)cc1. The third kappa shape index (κ3) is 4.65. The number of amides is 1. The Morgan fingerprint density at radius 1 is 1.04 bits per heavy atom. The molecule has 2 aliphatic carbocycles. The number of rotatable bonds is 5. The zero-order valence-corrected chi connectivity index (χ0v) is 15.5. The van der Waals surface area contributed by atoms with Crippen LogP contribution in [0.25, 0.3) is 0 Å². The first-order valence-electron chi connectivity index (χ1n) is 9.68. The monoisotopic (exact) mass is 360 g/mol. The second-order valence-electron chi connectivity index (χ2n) is 7.44. The number of anilines is 1. The standard InChI is InChI=1S/C22H24N4O/c1-15(25-21(27)19-11-12-19)18-9-7-16(8-10-18)5-6-17-13-23-22(24-14-17)26-20-3-2-4-20/h7-10,13-15,19-20H,2-4,11-12H2,1H3,(H,25,27)(H,23,24,26)/t15-/m0/s1. The minimum atomic E-state index is 0.0178. The highest BCUT2D eigenvalue weighted by atomic mass is 16.2. The van der Waals surface area contributed by atoms with Crippen LogP contribution in [0.5, 0.6) is 0 Å². The molecule has 0 saturated heterocycles. The molecule has 1 atom stereocenters. The first-order chi connectivity index (χ1) is 13.2. The van der Waals surface area contributed by atoms with Gasteiger partial charge in [-0.15, -0.1) is 0 Å². The zero-order valence-electron chi connectivity index (χ0n) is 15.5. The van der Waals surface area contributed by atoms with Crippen LogP contribution in [-0.4, -0.2) is 21.9 Å². The predicted molar refractivity (Wildman–Crippen MR) is 105 cm³/mol. The van der Waals surface area contributed by atoms with Gasteiger partial charge < -0.3 is 10.6 Å². The number of aromatic nitrogens is 2. The molecule has 0 radical (unpaired) electrons. The Kier molecular flexibility index (Phi) is 5.06. The van der Waals surface area contributed by atoms with Crippen LogP contribution in [-0.2, 0) is 4.79 Å². The van der Waals surface area contributed by atoms with Crippen LogP contribution in [0.4, 0.5) is 5.95 Å². The lowest BCUT2D eigenvalue weighted by Crippen LogP contribution is -2.27. The molecular formula is C22H24N4O. The van der Waals surface area contributed by atoms with Crippen molar-refractivity contribution in [3.63, 3.8) is 0 Å². The summed E-state index contributed by atoms with van der Waals surface area (Å²) in [5.74, 6) is 7.32. The van der Waals surface area contributed by atoms with E-state index >= 15 is 0 Å². The molecule has 4 rings (SSSR count). The van der Waals surface area contributed by atoms with E-state index in [0.29, 0.717) is 12.0 Å². The lowest BCUT2D eigenvalue weighted by molar-refractivity contribution is -0.122. The van der Waals surface area contributed by atoms with Gasteiger partial charge in [-0.3, -0.25) is 4.79 Å². The molecule has 1 amide bonds. The summed E-state index contributed by atoms with van der Waals surface area (Å²) in [6.07, 6.45) is 9.23. The number of hydrogen-bond donors (Lipinski definition) is 2. The minimum Gasteiger partial charge on any atom is -0.351 e. The number of nitrogens with zero attached hydrogens (tertiary/aromatic N) is 2. The maximum atomic E-state index is 11.9. The Labute approximate surface area is 160 Å². The van der Waals surface area contributed by atoms with Crippen molar-refractivity contribution in [1.82, 2.24) is 15.3 Å². The normalized spacial score (nSPS) is 17.2. The van der Waals surface area contributed by atoms with Crippen LogP contribution in [0.2, 0.25) is 0 Å². The number of nitrogens with one attached hydrogen (secondary N) is 2. The summed E-state index contributed by atoms with van der Waals surface area (Å²) in [7, 11) is 0. The molecule has 0 spiro atoms. The fraction of sp³-hybridized carbons (Fsp3) is 0.409. The Balaban J connectivity index is 1.34. The van der Waals surface area contributed by atoms with E-state index in [0.717, 1.165) is 29.5 Å². The lowest BCUT2D eigenvalue weighted by Gasteiger charge is -2.26. The molecule has 2 aliphatic rings. The highest BCUT2D eigenvalue weighted by Gasteiger charge is 2.30. The summed E-state index contributed by atoms with van der Waals surface area (Å²) in [6.45, 7) is 2.01. The zero-order chi connectivity index (χ0) is 18.6. The number of carbonyl (C=O) groups is 1. The van der Waals surface area contributed by atoms with Gasteiger partial charge in [0.2, 0.25) is 11.9 Å². The van der Waals surface area contributed by atoms with Crippen molar-refractivity contribution in [3.05, 3.63) is 53.3 Å². The van der Waals surface area contributed by atoms with Crippen LogP contribution in [0.15, 0.2) is 36.7 Å². The average molecular weight is 360 g/mol. The highest BCUT2D eigenvalue weighted by Crippen LogP contribution is 2.29. The Bertz CT molecular complexity index is 856. The maximum absolute atomic E-state index is 11.9. The second kappa shape index (κ2) is 7.79. The Morgan fingerprint density at radius 2 is 1.70 bits per heavy atom. The summed E-state index contributed by atoms with van der Waals surface area (Å²) in [5.41, 5.74) is 2.81. The smallest absolute Gasteiger partial charge is 0.223 e. The molecule has 5 heteroatoms. The van der Waals surface area contributed by atoms with Crippen molar-refractivity contribution < 1.29 is 4.79 Å². The van der Waals surface area contributed by atoms with E-state index in [1.165, 1.54) is 19.3 Å². The minimum absolute atomic E-state index is 0.0178. The molecule has 2 fully saturated rings. The van der Waals surface area contributed by atoms with Gasteiger partial charge in [0.05, 0.1) is 11.6 Å². The summed E-state index contributed by atoms with van der Waals surface area (Å²) < 4.78 is 0. The summed E-state index contributed by atoms with van der Waals surface area (Å²) >= 11 is 0. The molecule has 1 aromatic carbocycles. The molecule has 2 saturated carbocycles. The van der Waals surface area contributed by atoms with Crippen molar-refractivity contribution in [1.29, 1.82) is 0 Å². The van der Waals surface area contributed by atoms with Crippen molar-refractivity contribution in [2.45, 2.75) is 51.1 Å². The molecule has 2 aromatic rings. The van der Waals surface area contributed by atoms with Crippen molar-refractivity contribution >= 4 is 11.9 Å². The largest absolute Gasteiger partial charge is 0.351 e. The number of benzene rings is 1. The first-order valence-corrected chi connectivity index (χ1v) is 9.68. The molecular weight excluding hydrogens is 336 g/mol. The van der Waals surface area contributed by atoms with E-state index < -0.39 is 0 Å². The molecule has 0 bridgehead atoms. The van der Waals surface area contributed by atoms with E-state index in [1.807, 2.05) is 31.2 Å². The summed E-state index contributed by atoms with van der Waals surface area (Å²) in [5, 5.41) is 6.38. The van der Waals surface area contributed by atoms with Crippen LogP contribution in [0.3, 0.4) is 0 Å². The third-order valence-electron chi connectivity index (χ3n) is 5.16. The van der Waals surface area contributed by atoms with Gasteiger partial charge in [0.25, 0.3) is 0 Å². The summed E-state index contributed by atoms with van der Waals surface area (Å²) in [4.78, 5) is 20.5. The molecule has 0 unspecified atom stereocenters. The molecule has 1 aromatic heterocycles. The van der Waals surface area contributed by atoms with E-state index in [1.54, 1.807) is 12.4 Å². The number of hydrogen-bond acceptors (Lipinski definition) is 4. The van der Waals surface area contributed by atoms with Crippen LogP contribution in [0, 0.1) is 17.8 Å². The van der Waals surface area contributed by atoms with Crippen LogP contribution >= 0.6 is 0 Å². The van der Waals surface area contributed by atoms with Gasteiger partial charge in [0.15, 0.2) is 0 Å². The Morgan fingerprint density at radius 3 is 2.30 bits per heavy atom. The quantitative estimate of drug-likeness (QED) is 0.802. The number of carbonyl (C=O) groups excluding carboxylic acids is 1. The molecule has 1 heterocycles. The van der Waals surface area contributed by atoms with Crippen LogP contribution < -0.4 is 10.6 Å². The topological polar surface area (TPSA) is 66.9 Å². The van der Waals surface area contributed by atoms with E-state index in [9.17, 15) is 4.79 Å². The molecule has 0 aliphatic heterocycles. The first kappa shape index (κ1) is 17.5. The van der Waals surface area contributed by atoms with Gasteiger partial charge in [-0.05, 0) is 56.7 Å². The highest BCUT2D eigenvalue weighted by molar-refractivity contribution is 5.81. The molecule has 2 N–H and O–H groups in total. The third-order valence-corrected chi connectivity index (χ3v) is 5.16. The lowest BCUT2D eigenvalue weighted by atomic mass is 9.93. The predicted octanol–water partition coefficient (Wildman–Crippen LogP) is 3.43. The molecule has 5 nitrogen and oxygen atoms in total. The van der Waals surface area contributed by atoms with Gasteiger partial charge in [-0.1, -0.05) is 24.0 Å². The van der Waals surface area contributed by atoms with Crippen molar-refractivity contribution in [2.75, 3.05) is 5.32 Å². The van der Waals surface area contributed by atoms with Gasteiger partial charge in [-0.2, -0.15) is 0 Å². The second-order valence-corrected chi connectivity index (χ2v) is 7.44. The van der Waals surface area contributed by atoms with Gasteiger partial charge in [0.1, 0.15) is 0 Å². The van der Waals surface area contributed by atoms with Crippen molar-refractivity contribution in [3.8, 4) is 11.8 Å². The van der Waals surface area contributed by atoms with E-state index in [4.69, 9.17) is 0 Å². The molecule has 138 valence electrons. The average Bonchev–Trinajstić information content (AvgIpc) is 3.49. The van der Waals surface area contributed by atoms with E-state index in [2.05, 4.69) is 32.4 Å².